The van der Waals surface area contributed by atoms with Gasteiger partial charge in [-0.05, 0) is 192 Å². The molecule has 0 unspecified atom stereocenters. The molecule has 14 aromatic rings. The second-order valence-electron chi connectivity index (χ2n) is 21.8. The molecule has 14 rings (SSSR count). The lowest BCUT2D eigenvalue weighted by atomic mass is 9.93. The van der Waals surface area contributed by atoms with Crippen molar-refractivity contribution in [2.75, 3.05) is 15.1 Å². The van der Waals surface area contributed by atoms with Crippen LogP contribution in [0.15, 0.2) is 276 Å². The Morgan fingerprint density at radius 2 is 0.482 bits per heavy atom. The van der Waals surface area contributed by atoms with Crippen molar-refractivity contribution < 1.29 is 0 Å². The minimum Gasteiger partial charge on any atom is -0.356 e. The van der Waals surface area contributed by atoms with Gasteiger partial charge in [0.25, 0.3) is 0 Å². The van der Waals surface area contributed by atoms with E-state index in [2.05, 4.69) is 355 Å². The topological polar surface area (TPSA) is 18.5 Å². The van der Waals surface area contributed by atoms with Gasteiger partial charge < -0.3 is 15.1 Å². The van der Waals surface area contributed by atoms with Crippen LogP contribution >= 0.6 is 31.9 Å². The second-order valence-corrected chi connectivity index (χ2v) is 23.5. The zero-order valence-corrected chi connectivity index (χ0v) is 50.7. The number of aryl methyl sites for hydroxylation is 6. The average molecular weight is 1200 g/mol. The first-order chi connectivity index (χ1) is 40.4. The Morgan fingerprint density at radius 1 is 0.253 bits per heavy atom. The summed E-state index contributed by atoms with van der Waals surface area (Å²) >= 11 is 7.38. The summed E-state index contributed by atoms with van der Waals surface area (Å²) in [6.07, 6.45) is 0. The molecule has 0 atom stereocenters. The summed E-state index contributed by atoms with van der Waals surface area (Å²) in [5.41, 5.74) is 16.7. The normalized spacial score (nSPS) is 11.1. The fourth-order valence-corrected chi connectivity index (χ4v) is 12.5. The molecule has 0 aliphatic heterocycles. The van der Waals surface area contributed by atoms with E-state index in [-0.39, 0.29) is 0 Å². The number of hydrogen-bond acceptors (Lipinski definition) is 3. The molecule has 0 heterocycles. The van der Waals surface area contributed by atoms with Gasteiger partial charge >= 0.3 is 0 Å². The quantitative estimate of drug-likeness (QED) is 0.153. The van der Waals surface area contributed by atoms with Crippen LogP contribution in [-0.4, -0.2) is 0 Å². The molecular formula is C78H63Br2N3. The van der Waals surface area contributed by atoms with Crippen LogP contribution in [0.25, 0.3) is 64.6 Å². The van der Waals surface area contributed by atoms with Crippen LogP contribution < -0.4 is 15.1 Å². The molecule has 1 N–H and O–H groups in total. The smallest absolute Gasteiger partial charge is 0.0546 e. The highest BCUT2D eigenvalue weighted by Gasteiger charge is 2.22. The molecule has 0 radical (unpaired) electrons. The molecule has 0 aliphatic carbocycles. The van der Waals surface area contributed by atoms with E-state index in [0.29, 0.717) is 0 Å². The van der Waals surface area contributed by atoms with E-state index in [1.165, 1.54) is 98.0 Å². The number of hydrogen-bond donors (Lipinski definition) is 1. The molecule has 3 nitrogen and oxygen atoms in total. The van der Waals surface area contributed by atoms with E-state index < -0.39 is 0 Å². The summed E-state index contributed by atoms with van der Waals surface area (Å²) in [4.78, 5) is 4.82. The first kappa shape index (κ1) is 54.6. The third-order valence-corrected chi connectivity index (χ3v) is 16.9. The Morgan fingerprint density at radius 3 is 0.771 bits per heavy atom. The predicted octanol–water partition coefficient (Wildman–Crippen LogP) is 24.0. The fraction of sp³-hybridized carbons (Fsp3) is 0.0769. The summed E-state index contributed by atoms with van der Waals surface area (Å²) < 4.78 is 2.28. The van der Waals surface area contributed by atoms with Crippen LogP contribution in [-0.2, 0) is 0 Å². The van der Waals surface area contributed by atoms with Crippen molar-refractivity contribution in [1.82, 2.24) is 0 Å². The molecule has 0 saturated carbocycles. The molecule has 14 aromatic carbocycles. The first-order valence-corrected chi connectivity index (χ1v) is 29.9. The van der Waals surface area contributed by atoms with Gasteiger partial charge in [0.2, 0.25) is 0 Å². The first-order valence-electron chi connectivity index (χ1n) is 28.3. The summed E-state index contributed by atoms with van der Waals surface area (Å²) in [6.45, 7) is 12.8. The van der Waals surface area contributed by atoms with Crippen molar-refractivity contribution in [3.05, 3.63) is 309 Å². The van der Waals surface area contributed by atoms with E-state index in [1.807, 2.05) is 0 Å². The van der Waals surface area contributed by atoms with Gasteiger partial charge in [0.15, 0.2) is 0 Å². The second kappa shape index (κ2) is 23.8. The molecule has 83 heavy (non-hydrogen) atoms. The molecule has 0 aromatic heterocycles. The van der Waals surface area contributed by atoms with Gasteiger partial charge in [0.05, 0.1) is 11.4 Å². The summed E-state index contributed by atoms with van der Waals surface area (Å²) in [6, 6.07) is 96.3. The van der Waals surface area contributed by atoms with Crippen LogP contribution in [0.4, 0.5) is 45.5 Å². The van der Waals surface area contributed by atoms with Gasteiger partial charge in [0, 0.05) is 53.8 Å². The number of rotatable bonds is 8. The number of benzene rings is 14. The van der Waals surface area contributed by atoms with E-state index in [1.54, 1.807) is 0 Å². The van der Waals surface area contributed by atoms with E-state index in [9.17, 15) is 0 Å². The molecule has 0 aliphatic rings. The minimum absolute atomic E-state index is 1.13. The minimum atomic E-state index is 1.13. The van der Waals surface area contributed by atoms with Crippen LogP contribution in [0.2, 0.25) is 0 Å². The Bertz CT molecular complexity index is 4250. The molecule has 0 fully saturated rings. The van der Waals surface area contributed by atoms with Gasteiger partial charge in [0.1, 0.15) is 0 Å². The Balaban J connectivity index is 0.000000157. The van der Waals surface area contributed by atoms with Gasteiger partial charge in [-0.15, -0.1) is 0 Å². The number of halogens is 2. The highest BCUT2D eigenvalue weighted by atomic mass is 79.9. The maximum absolute atomic E-state index is 3.69. The monoisotopic (exact) mass is 1200 g/mol. The Hall–Kier alpha value is -9.00. The SMILES string of the molecule is Brc1cc2cc(Br)c3ccccc3c2c2ccccc12.Cc1ccc(N(c2ccc(C)cc2)c2cc3cc(N(c4ccc(C)cc4)c4ccc(C)cc4)c4ccccc4c3c3ccccc23)cc1.Cc1ccc(Nc2ccc(C)cc2)cc1. The molecule has 0 amide bonds. The number of fused-ring (bicyclic) bond motifs is 10. The lowest BCUT2D eigenvalue weighted by Gasteiger charge is -2.30. The van der Waals surface area contributed by atoms with Gasteiger partial charge in [-0.25, -0.2) is 0 Å². The highest BCUT2D eigenvalue weighted by Crippen LogP contribution is 2.48. The zero-order chi connectivity index (χ0) is 57.1. The van der Waals surface area contributed by atoms with Crippen LogP contribution in [0, 0.1) is 41.5 Å². The van der Waals surface area contributed by atoms with Crippen LogP contribution in [0.3, 0.4) is 0 Å². The summed E-state index contributed by atoms with van der Waals surface area (Å²) in [5.74, 6) is 0. The lowest BCUT2D eigenvalue weighted by molar-refractivity contribution is 1.28. The van der Waals surface area contributed by atoms with Gasteiger partial charge in [-0.1, -0.05) is 235 Å². The molecule has 0 saturated heterocycles. The molecule has 0 spiro atoms. The predicted molar refractivity (Wildman–Crippen MR) is 367 cm³/mol. The van der Waals surface area contributed by atoms with Crippen molar-refractivity contribution in [1.29, 1.82) is 0 Å². The average Bonchev–Trinajstić information content (AvgIpc) is 3.68. The maximum atomic E-state index is 3.69. The standard InChI is InChI=1S/C46H38N2.C18H10Br2.C14H15N/c1-31-13-21-36(22-14-31)47(37-23-15-32(2)16-24-37)44-29-35-30-45(41-10-6-8-12-43(41)46(35)42-11-7-5-9-40(42)44)48(38-25-17-33(3)18-26-38)39-27-19-34(4)20-28-39;19-16-9-11-10-17(20)13-6-2-4-8-15(13)18(11)14-7-3-1-5-12(14)16;1-11-3-7-13(8-4-11)15-14-9-5-12(2)6-10-14/h5-30H,1-4H3;1-10H;3-10,15H,1-2H3. The number of nitrogens with one attached hydrogen (secondary N) is 1. The van der Waals surface area contributed by atoms with E-state index in [0.717, 1.165) is 54.4 Å². The molecular weight excluding hydrogens is 1140 g/mol. The summed E-state index contributed by atoms with van der Waals surface area (Å²) in [5, 5.41) is 18.4. The van der Waals surface area contributed by atoms with Crippen LogP contribution in [0.1, 0.15) is 33.4 Å². The van der Waals surface area contributed by atoms with Crippen molar-refractivity contribution in [3.63, 3.8) is 0 Å². The molecule has 404 valence electrons. The van der Waals surface area contributed by atoms with Crippen LogP contribution in [0.5, 0.6) is 0 Å². The zero-order valence-electron chi connectivity index (χ0n) is 47.6. The van der Waals surface area contributed by atoms with Gasteiger partial charge in [-0.2, -0.15) is 0 Å². The maximum Gasteiger partial charge on any atom is 0.0546 e. The van der Waals surface area contributed by atoms with E-state index in [4.69, 9.17) is 0 Å². The van der Waals surface area contributed by atoms with Crippen molar-refractivity contribution in [2.24, 2.45) is 0 Å². The third kappa shape index (κ3) is 11.5. The van der Waals surface area contributed by atoms with Crippen molar-refractivity contribution >= 4 is 142 Å². The van der Waals surface area contributed by atoms with Crippen molar-refractivity contribution in [3.8, 4) is 0 Å². The lowest BCUT2D eigenvalue weighted by Crippen LogP contribution is -2.12. The largest absolute Gasteiger partial charge is 0.356 e. The Labute approximate surface area is 504 Å². The van der Waals surface area contributed by atoms with Gasteiger partial charge in [-0.3, -0.25) is 0 Å². The molecule has 5 heteroatoms. The van der Waals surface area contributed by atoms with E-state index >= 15 is 0 Å². The molecule has 0 bridgehead atoms. The number of nitrogens with zero attached hydrogens (tertiary/aromatic N) is 2. The summed E-state index contributed by atoms with van der Waals surface area (Å²) in [7, 11) is 0. The Kier molecular flexibility index (Phi) is 15.7. The van der Waals surface area contributed by atoms with Crippen molar-refractivity contribution in [2.45, 2.75) is 41.5 Å². The third-order valence-electron chi connectivity index (χ3n) is 15.6. The fourth-order valence-electron chi connectivity index (χ4n) is 11.3. The number of anilines is 8. The highest BCUT2D eigenvalue weighted by molar-refractivity contribution is 9.11.